The third-order valence-corrected chi connectivity index (χ3v) is 4.24. The van der Waals surface area contributed by atoms with Crippen LogP contribution in [0.15, 0.2) is 53.8 Å². The van der Waals surface area contributed by atoms with E-state index in [1.807, 2.05) is 18.2 Å². The molecule has 6 nitrogen and oxygen atoms in total. The van der Waals surface area contributed by atoms with Crippen LogP contribution in [-0.4, -0.2) is 31.4 Å². The number of aromatic amines is 1. The largest absolute Gasteiger partial charge is 0.306 e. The van der Waals surface area contributed by atoms with Crippen molar-refractivity contribution in [2.45, 2.75) is 19.5 Å². The van der Waals surface area contributed by atoms with E-state index in [9.17, 15) is 4.79 Å². The second-order valence-corrected chi connectivity index (χ2v) is 5.91. The Morgan fingerprint density at radius 2 is 1.92 bits per heavy atom. The molecule has 0 atom stereocenters. The molecule has 1 aromatic carbocycles. The number of nitrogens with zero attached hydrogens (tertiary/aromatic N) is 4. The summed E-state index contributed by atoms with van der Waals surface area (Å²) < 4.78 is 0. The highest BCUT2D eigenvalue weighted by Gasteiger charge is 2.21. The van der Waals surface area contributed by atoms with Crippen molar-refractivity contribution in [1.29, 1.82) is 0 Å². The molecule has 1 aliphatic rings. The standard InChI is InChI=1S/C18H17N5O/c24-18-15-6-7-23(10-13-4-2-1-3-5-13)11-16(15)21-17(22-18)14-8-19-12-20-9-14/h1-5,8-9,12H,6-7,10-11H2,(H,21,22,24). The van der Waals surface area contributed by atoms with Crippen LogP contribution in [-0.2, 0) is 19.5 Å². The molecule has 2 aromatic heterocycles. The van der Waals surface area contributed by atoms with Gasteiger partial charge in [0.25, 0.3) is 5.56 Å². The van der Waals surface area contributed by atoms with Gasteiger partial charge in [-0.05, 0) is 12.0 Å². The van der Waals surface area contributed by atoms with Gasteiger partial charge in [-0.1, -0.05) is 30.3 Å². The van der Waals surface area contributed by atoms with Gasteiger partial charge in [0, 0.05) is 37.6 Å². The van der Waals surface area contributed by atoms with E-state index >= 15 is 0 Å². The molecule has 24 heavy (non-hydrogen) atoms. The Bertz CT molecular complexity index is 892. The summed E-state index contributed by atoms with van der Waals surface area (Å²) in [4.78, 5) is 30.2. The van der Waals surface area contributed by atoms with E-state index in [-0.39, 0.29) is 5.56 Å². The number of rotatable bonds is 3. The maximum Gasteiger partial charge on any atom is 0.254 e. The van der Waals surface area contributed by atoms with Gasteiger partial charge in [0.05, 0.1) is 11.3 Å². The Balaban J connectivity index is 1.62. The molecular weight excluding hydrogens is 302 g/mol. The molecule has 0 amide bonds. The van der Waals surface area contributed by atoms with Crippen molar-refractivity contribution in [3.05, 3.63) is 76.2 Å². The summed E-state index contributed by atoms with van der Waals surface area (Å²) >= 11 is 0. The number of hydrogen-bond donors (Lipinski definition) is 1. The first-order chi connectivity index (χ1) is 11.8. The first kappa shape index (κ1) is 14.7. The normalized spacial score (nSPS) is 14.3. The van der Waals surface area contributed by atoms with E-state index in [1.54, 1.807) is 12.4 Å². The van der Waals surface area contributed by atoms with Crippen molar-refractivity contribution in [2.24, 2.45) is 0 Å². The van der Waals surface area contributed by atoms with Gasteiger partial charge in [0.1, 0.15) is 12.2 Å². The maximum absolute atomic E-state index is 12.4. The third kappa shape index (κ3) is 2.96. The van der Waals surface area contributed by atoms with Crippen molar-refractivity contribution in [1.82, 2.24) is 24.8 Å². The second-order valence-electron chi connectivity index (χ2n) is 5.91. The Labute approximate surface area is 139 Å². The van der Waals surface area contributed by atoms with Crippen molar-refractivity contribution >= 4 is 0 Å². The zero-order valence-corrected chi connectivity index (χ0v) is 13.1. The summed E-state index contributed by atoms with van der Waals surface area (Å²) in [5.41, 5.74) is 3.57. The van der Waals surface area contributed by atoms with E-state index in [1.165, 1.54) is 11.9 Å². The lowest BCUT2D eigenvalue weighted by Crippen LogP contribution is -2.35. The predicted molar refractivity (Wildman–Crippen MR) is 90.1 cm³/mol. The SMILES string of the molecule is O=c1[nH]c(-c2cncnc2)nc2c1CCN(Cc1ccccc1)C2. The minimum absolute atomic E-state index is 0.0572. The highest BCUT2D eigenvalue weighted by molar-refractivity contribution is 5.52. The molecule has 0 saturated heterocycles. The molecule has 0 bridgehead atoms. The van der Waals surface area contributed by atoms with Gasteiger partial charge in [-0.15, -0.1) is 0 Å². The fourth-order valence-electron chi connectivity index (χ4n) is 3.03. The van der Waals surface area contributed by atoms with Gasteiger partial charge in [0.15, 0.2) is 0 Å². The number of benzene rings is 1. The third-order valence-electron chi connectivity index (χ3n) is 4.24. The van der Waals surface area contributed by atoms with Crippen molar-refractivity contribution in [3.63, 3.8) is 0 Å². The van der Waals surface area contributed by atoms with Crippen LogP contribution in [0.5, 0.6) is 0 Å². The molecule has 1 N–H and O–H groups in total. The second kappa shape index (κ2) is 6.33. The van der Waals surface area contributed by atoms with E-state index < -0.39 is 0 Å². The van der Waals surface area contributed by atoms with E-state index in [0.717, 1.165) is 36.3 Å². The fourth-order valence-corrected chi connectivity index (χ4v) is 3.03. The summed E-state index contributed by atoms with van der Waals surface area (Å²) in [5.74, 6) is 0.529. The Hall–Kier alpha value is -2.86. The van der Waals surface area contributed by atoms with Gasteiger partial charge in [-0.2, -0.15) is 0 Å². The number of H-pyrrole nitrogens is 1. The molecule has 6 heteroatoms. The lowest BCUT2D eigenvalue weighted by Gasteiger charge is -2.27. The first-order valence-electron chi connectivity index (χ1n) is 7.93. The molecule has 120 valence electrons. The molecule has 3 aromatic rings. The van der Waals surface area contributed by atoms with Crippen molar-refractivity contribution < 1.29 is 0 Å². The van der Waals surface area contributed by atoms with Gasteiger partial charge in [0.2, 0.25) is 0 Å². The van der Waals surface area contributed by atoms with Crippen LogP contribution in [0.4, 0.5) is 0 Å². The highest BCUT2D eigenvalue weighted by Crippen LogP contribution is 2.19. The zero-order chi connectivity index (χ0) is 16.4. The van der Waals surface area contributed by atoms with Gasteiger partial charge < -0.3 is 4.98 Å². The lowest BCUT2D eigenvalue weighted by molar-refractivity contribution is 0.240. The molecule has 1 aliphatic heterocycles. The molecule has 0 spiro atoms. The van der Waals surface area contributed by atoms with E-state index in [2.05, 4.69) is 37.0 Å². The van der Waals surface area contributed by atoms with Crippen LogP contribution < -0.4 is 5.56 Å². The smallest absolute Gasteiger partial charge is 0.254 e. The van der Waals surface area contributed by atoms with Crippen molar-refractivity contribution in [2.75, 3.05) is 6.54 Å². The highest BCUT2D eigenvalue weighted by atomic mass is 16.1. The topological polar surface area (TPSA) is 74.8 Å². The summed E-state index contributed by atoms with van der Waals surface area (Å²) in [6.07, 6.45) is 5.49. The van der Waals surface area contributed by atoms with Crippen LogP contribution in [0.2, 0.25) is 0 Å². The molecule has 0 aliphatic carbocycles. The van der Waals surface area contributed by atoms with Crippen LogP contribution in [0.25, 0.3) is 11.4 Å². The molecule has 3 heterocycles. The van der Waals surface area contributed by atoms with Crippen molar-refractivity contribution in [3.8, 4) is 11.4 Å². The number of hydrogen-bond acceptors (Lipinski definition) is 5. The monoisotopic (exact) mass is 319 g/mol. The maximum atomic E-state index is 12.4. The van der Waals surface area contributed by atoms with Crippen LogP contribution >= 0.6 is 0 Å². The molecule has 4 rings (SSSR count). The predicted octanol–water partition coefficient (Wildman–Crippen LogP) is 1.79. The Morgan fingerprint density at radius 1 is 1.12 bits per heavy atom. The molecule has 0 saturated carbocycles. The average Bonchev–Trinajstić information content (AvgIpc) is 2.63. The fraction of sp³-hybridized carbons (Fsp3) is 0.222. The van der Waals surface area contributed by atoms with Gasteiger partial charge in [-0.25, -0.2) is 15.0 Å². The number of fused-ring (bicyclic) bond motifs is 1. The lowest BCUT2D eigenvalue weighted by atomic mass is 10.1. The minimum atomic E-state index is -0.0572. The first-order valence-corrected chi connectivity index (χ1v) is 7.93. The average molecular weight is 319 g/mol. The molecular formula is C18H17N5O. The summed E-state index contributed by atoms with van der Waals surface area (Å²) in [6.45, 7) is 2.40. The van der Waals surface area contributed by atoms with Crippen LogP contribution in [0, 0.1) is 0 Å². The zero-order valence-electron chi connectivity index (χ0n) is 13.1. The minimum Gasteiger partial charge on any atom is -0.306 e. The number of aromatic nitrogens is 4. The van der Waals surface area contributed by atoms with E-state index in [0.29, 0.717) is 12.4 Å². The van der Waals surface area contributed by atoms with Crippen LogP contribution in [0.3, 0.4) is 0 Å². The van der Waals surface area contributed by atoms with Gasteiger partial charge >= 0.3 is 0 Å². The quantitative estimate of drug-likeness (QED) is 0.796. The Morgan fingerprint density at radius 3 is 2.71 bits per heavy atom. The summed E-state index contributed by atoms with van der Waals surface area (Å²) in [6, 6.07) is 10.3. The molecule has 0 fully saturated rings. The Kier molecular flexibility index (Phi) is 3.88. The summed E-state index contributed by atoms with van der Waals surface area (Å²) in [7, 11) is 0. The summed E-state index contributed by atoms with van der Waals surface area (Å²) in [5, 5.41) is 0. The number of nitrogens with one attached hydrogen (secondary N) is 1. The van der Waals surface area contributed by atoms with Crippen LogP contribution in [0.1, 0.15) is 16.8 Å². The van der Waals surface area contributed by atoms with E-state index in [4.69, 9.17) is 0 Å². The molecule has 0 unspecified atom stereocenters. The molecule has 0 radical (unpaired) electrons. The van der Waals surface area contributed by atoms with Gasteiger partial charge in [-0.3, -0.25) is 9.69 Å².